The van der Waals surface area contributed by atoms with Gasteiger partial charge in [0, 0.05) is 44.5 Å². The normalized spacial score (nSPS) is 10.8. The number of rotatable bonds is 9. The van der Waals surface area contributed by atoms with Gasteiger partial charge in [-0.25, -0.2) is 19.9 Å². The first-order chi connectivity index (χ1) is 31.4. The number of benzene rings is 6. The quantitative estimate of drug-likeness (QED) is 0.106. The highest BCUT2D eigenvalue weighted by Crippen LogP contribution is 2.49. The van der Waals surface area contributed by atoms with Gasteiger partial charge in [0.25, 0.3) is 0 Å². The highest BCUT2D eigenvalue weighted by Gasteiger charge is 2.59. The van der Waals surface area contributed by atoms with E-state index in [1.54, 1.807) is 48.5 Å². The number of hydrogen-bond acceptors (Lipinski definition) is 12. The highest BCUT2D eigenvalue weighted by atomic mass is 14.9. The number of allylic oxidation sites excluding steroid dienone is 1. The predicted molar refractivity (Wildman–Crippen MR) is 237 cm³/mol. The van der Waals surface area contributed by atoms with E-state index in [0.717, 1.165) is 0 Å². The second-order valence-corrected chi connectivity index (χ2v) is 14.2. The van der Waals surface area contributed by atoms with Crippen LogP contribution in [0.25, 0.3) is 72.7 Å². The molecule has 0 aliphatic heterocycles. The summed E-state index contributed by atoms with van der Waals surface area (Å²) in [6, 6.07) is 55.5. The summed E-state index contributed by atoms with van der Waals surface area (Å²) in [6.07, 6.45) is 0. The first-order valence-electron chi connectivity index (χ1n) is 19.3. The Morgan fingerprint density at radius 2 is 0.688 bits per heavy atom. The van der Waals surface area contributed by atoms with Gasteiger partial charge < -0.3 is 0 Å². The maximum Gasteiger partial charge on any atom is 0.206 e. The van der Waals surface area contributed by atoms with E-state index < -0.39 is 10.8 Å². The lowest BCUT2D eigenvalue weighted by Crippen LogP contribution is -2.46. The standard InChI is InChI=1S/C52H25N12/c53-25-37(26-54)39-21-23-41(49-47(39)61-43(33-13-5-1-6-14-33)45(63-49)35-17-9-3-10-18-35)51(29-57,30-58)52(31-59,32-60)42-24-22-40(38(27-55)28-56)48-50(42)64-46(36-19-11-4-12-20-36)44(62-48)34-15-7-2-8-16-34/h1-24,53H. The number of aromatic nitrogens is 4. The van der Waals surface area contributed by atoms with Crippen molar-refractivity contribution in [2.75, 3.05) is 0 Å². The van der Waals surface area contributed by atoms with Gasteiger partial charge >= 0.3 is 0 Å². The van der Waals surface area contributed by atoms with E-state index in [1.807, 2.05) is 115 Å². The van der Waals surface area contributed by atoms with Crippen molar-refractivity contribution in [3.8, 4) is 87.5 Å². The Morgan fingerprint density at radius 3 is 0.984 bits per heavy atom. The van der Waals surface area contributed by atoms with Gasteiger partial charge in [0.05, 0.1) is 81.3 Å². The molecule has 12 nitrogen and oxygen atoms in total. The van der Waals surface area contributed by atoms with Crippen molar-refractivity contribution in [2.45, 2.75) is 10.8 Å². The Bertz CT molecular complexity index is 3490. The minimum atomic E-state index is -2.75. The van der Waals surface area contributed by atoms with E-state index in [1.165, 1.54) is 24.3 Å². The number of fused-ring (bicyclic) bond motifs is 2. The van der Waals surface area contributed by atoms with Crippen molar-refractivity contribution in [2.24, 2.45) is 0 Å². The van der Waals surface area contributed by atoms with E-state index >= 15 is 0 Å². The van der Waals surface area contributed by atoms with Crippen LogP contribution >= 0.6 is 0 Å². The van der Waals surface area contributed by atoms with Crippen LogP contribution in [0.15, 0.2) is 146 Å². The van der Waals surface area contributed by atoms with Crippen LogP contribution in [-0.2, 0) is 10.8 Å². The fourth-order valence-electron chi connectivity index (χ4n) is 7.80. The fourth-order valence-corrected chi connectivity index (χ4v) is 7.80. The van der Waals surface area contributed by atoms with Crippen molar-refractivity contribution in [1.29, 1.82) is 42.2 Å². The molecule has 0 saturated heterocycles. The molecule has 2 heterocycles. The Balaban J connectivity index is 1.54. The SMILES string of the molecule is N#C[C](C#N)c1ccc(C(C#N)(C#N)C(C#N)(C#N)c2ccc(C(=C=N)C#N)c3nc(-c4ccccc4)c(-c4ccccc4)nc23)c2nc(-c3ccccc3)c(-c3ccccc3)nc12. The first kappa shape index (κ1) is 40.7. The van der Waals surface area contributed by atoms with E-state index in [4.69, 9.17) is 25.3 Å². The molecule has 0 fully saturated rings. The van der Waals surface area contributed by atoms with Crippen LogP contribution in [0.4, 0.5) is 0 Å². The van der Waals surface area contributed by atoms with Gasteiger partial charge in [0.1, 0.15) is 11.6 Å². The van der Waals surface area contributed by atoms with Gasteiger partial charge in [0.15, 0.2) is 0 Å². The van der Waals surface area contributed by atoms with Crippen molar-refractivity contribution in [3.05, 3.63) is 174 Å². The molecule has 12 heteroatoms. The lowest BCUT2D eigenvalue weighted by atomic mass is 9.59. The summed E-state index contributed by atoms with van der Waals surface area (Å²) < 4.78 is 0. The van der Waals surface area contributed by atoms with E-state index in [-0.39, 0.29) is 55.8 Å². The monoisotopic (exact) mass is 817 g/mol. The Kier molecular flexibility index (Phi) is 10.7. The molecule has 0 atom stereocenters. The Hall–Kier alpha value is -10.1. The third-order valence-electron chi connectivity index (χ3n) is 10.9. The van der Waals surface area contributed by atoms with Crippen LogP contribution < -0.4 is 0 Å². The molecule has 0 aliphatic carbocycles. The summed E-state index contributed by atoms with van der Waals surface area (Å²) in [6.45, 7) is 0. The summed E-state index contributed by atoms with van der Waals surface area (Å²) in [4.78, 5) is 20.2. The lowest BCUT2D eigenvalue weighted by Gasteiger charge is -2.33. The molecule has 0 amide bonds. The van der Waals surface area contributed by atoms with Crippen LogP contribution in [0, 0.1) is 90.6 Å². The molecular weight excluding hydrogens is 793 g/mol. The van der Waals surface area contributed by atoms with Crippen molar-refractivity contribution in [3.63, 3.8) is 0 Å². The minimum absolute atomic E-state index is 0.00636. The summed E-state index contributed by atoms with van der Waals surface area (Å²) in [7, 11) is 0. The summed E-state index contributed by atoms with van der Waals surface area (Å²) in [5, 5.41) is 84.4. The zero-order valence-corrected chi connectivity index (χ0v) is 33.3. The van der Waals surface area contributed by atoms with Crippen LogP contribution in [-0.4, -0.2) is 25.8 Å². The highest BCUT2D eigenvalue weighted by molar-refractivity contribution is 6.06. The summed E-state index contributed by atoms with van der Waals surface area (Å²) in [5.41, 5.74) is -2.48. The summed E-state index contributed by atoms with van der Waals surface area (Å²) >= 11 is 0. The minimum Gasteiger partial charge on any atom is -0.258 e. The zero-order chi connectivity index (χ0) is 44.8. The third kappa shape index (κ3) is 6.40. The molecule has 1 N–H and O–H groups in total. The summed E-state index contributed by atoms with van der Waals surface area (Å²) in [5.74, 6) is 1.81. The molecule has 0 bridgehead atoms. The van der Waals surface area contributed by atoms with Gasteiger partial charge in [-0.3, -0.25) is 5.41 Å². The molecule has 293 valence electrons. The topological polar surface area (TPSA) is 242 Å². The first-order valence-corrected chi connectivity index (χ1v) is 19.3. The smallest absolute Gasteiger partial charge is 0.206 e. The molecule has 1 radical (unpaired) electrons. The zero-order valence-electron chi connectivity index (χ0n) is 33.3. The molecule has 0 aliphatic rings. The molecule has 64 heavy (non-hydrogen) atoms. The lowest BCUT2D eigenvalue weighted by molar-refractivity contribution is 0.529. The molecule has 6 aromatic carbocycles. The van der Waals surface area contributed by atoms with Crippen LogP contribution in [0.1, 0.15) is 22.3 Å². The van der Waals surface area contributed by atoms with E-state index in [2.05, 4.69) is 5.87 Å². The maximum absolute atomic E-state index is 11.5. The van der Waals surface area contributed by atoms with Gasteiger partial charge in [-0.05, 0) is 5.87 Å². The molecule has 2 aromatic heterocycles. The number of hydrogen-bond donors (Lipinski definition) is 1. The van der Waals surface area contributed by atoms with Crippen LogP contribution in [0.2, 0.25) is 0 Å². The van der Waals surface area contributed by atoms with Crippen molar-refractivity contribution >= 4 is 33.5 Å². The van der Waals surface area contributed by atoms with E-state index in [0.29, 0.717) is 45.0 Å². The molecule has 8 aromatic rings. The van der Waals surface area contributed by atoms with Gasteiger partial charge in [-0.2, -0.15) is 36.8 Å². The molecular formula is C52H25N12. The number of nitrogens with zero attached hydrogens (tertiary/aromatic N) is 11. The van der Waals surface area contributed by atoms with Gasteiger partial charge in [0.2, 0.25) is 16.7 Å². The maximum atomic E-state index is 11.5. The molecule has 0 unspecified atom stereocenters. The van der Waals surface area contributed by atoms with E-state index in [9.17, 15) is 36.8 Å². The second kappa shape index (κ2) is 16.9. The Labute approximate surface area is 366 Å². The molecule has 0 saturated carbocycles. The predicted octanol–water partition coefficient (Wildman–Crippen LogP) is 9.64. The molecule has 0 spiro atoms. The van der Waals surface area contributed by atoms with Crippen molar-refractivity contribution in [1.82, 2.24) is 19.9 Å². The van der Waals surface area contributed by atoms with Crippen LogP contribution in [0.3, 0.4) is 0 Å². The Morgan fingerprint density at radius 1 is 0.375 bits per heavy atom. The van der Waals surface area contributed by atoms with Gasteiger partial charge in [-0.1, -0.05) is 146 Å². The number of nitrogens with one attached hydrogen (secondary N) is 1. The second-order valence-electron chi connectivity index (χ2n) is 14.2. The third-order valence-corrected chi connectivity index (χ3v) is 10.9. The average Bonchev–Trinajstić information content (AvgIpc) is 3.37. The number of nitriles is 7. The molecule has 8 rings (SSSR count). The fraction of sp³-hybridized carbons (Fsp3) is 0.0385. The largest absolute Gasteiger partial charge is 0.258 e. The van der Waals surface area contributed by atoms with Gasteiger partial charge in [-0.15, -0.1) is 0 Å². The average molecular weight is 818 g/mol. The van der Waals surface area contributed by atoms with Crippen LogP contribution in [0.5, 0.6) is 0 Å². The van der Waals surface area contributed by atoms with Crippen molar-refractivity contribution < 1.29 is 0 Å².